The molecule has 0 amide bonds. The quantitative estimate of drug-likeness (QED) is 0.787. The minimum Gasteiger partial charge on any atom is -0.329 e. The Kier molecular flexibility index (Phi) is 3.72. The third kappa shape index (κ3) is 2.78. The summed E-state index contributed by atoms with van der Waals surface area (Å²) in [5, 5.41) is 7.21. The SMILES string of the molecule is Cn1nnc(Br)c1S(=O)(=O)NC(C)(C)CN. The Morgan fingerprint density at radius 2 is 2.12 bits per heavy atom. The number of hydrogen-bond donors (Lipinski definition) is 2. The molecule has 92 valence electrons. The fourth-order valence-electron chi connectivity index (χ4n) is 1.06. The van der Waals surface area contributed by atoms with Crippen LogP contribution < -0.4 is 10.5 Å². The van der Waals surface area contributed by atoms with E-state index < -0.39 is 15.6 Å². The Hall–Kier alpha value is -0.510. The highest BCUT2D eigenvalue weighted by Gasteiger charge is 2.29. The summed E-state index contributed by atoms with van der Waals surface area (Å²) in [6.45, 7) is 3.58. The number of halogens is 1. The van der Waals surface area contributed by atoms with Gasteiger partial charge in [0.2, 0.25) is 5.03 Å². The molecular formula is C7H14BrN5O2S. The molecule has 9 heteroatoms. The monoisotopic (exact) mass is 311 g/mol. The molecule has 1 aromatic heterocycles. The van der Waals surface area contributed by atoms with E-state index in [1.54, 1.807) is 13.8 Å². The van der Waals surface area contributed by atoms with Crippen molar-refractivity contribution >= 4 is 26.0 Å². The van der Waals surface area contributed by atoms with Crippen molar-refractivity contribution in [2.45, 2.75) is 24.4 Å². The second-order valence-corrected chi connectivity index (χ2v) is 6.35. The van der Waals surface area contributed by atoms with E-state index in [0.29, 0.717) is 0 Å². The Morgan fingerprint density at radius 3 is 2.50 bits per heavy atom. The fraction of sp³-hybridized carbons (Fsp3) is 0.714. The average Bonchev–Trinajstić information content (AvgIpc) is 2.44. The third-order valence-electron chi connectivity index (χ3n) is 1.91. The Bertz CT molecular complexity index is 461. The topological polar surface area (TPSA) is 103 Å². The number of nitrogens with two attached hydrogens (primary N) is 1. The zero-order chi connectivity index (χ0) is 12.6. The van der Waals surface area contributed by atoms with Crippen LogP contribution in [0.5, 0.6) is 0 Å². The summed E-state index contributed by atoms with van der Waals surface area (Å²) in [7, 11) is -2.19. The third-order valence-corrected chi connectivity index (χ3v) is 4.50. The van der Waals surface area contributed by atoms with Gasteiger partial charge in [-0.15, -0.1) is 5.10 Å². The van der Waals surface area contributed by atoms with E-state index in [1.807, 2.05) is 0 Å². The molecule has 0 saturated heterocycles. The van der Waals surface area contributed by atoms with Crippen molar-refractivity contribution < 1.29 is 8.42 Å². The first kappa shape index (κ1) is 13.6. The van der Waals surface area contributed by atoms with Crippen molar-refractivity contribution in [1.29, 1.82) is 0 Å². The molecule has 0 radical (unpaired) electrons. The maximum atomic E-state index is 12.0. The van der Waals surface area contributed by atoms with Crippen molar-refractivity contribution in [3.05, 3.63) is 4.60 Å². The zero-order valence-corrected chi connectivity index (χ0v) is 11.6. The summed E-state index contributed by atoms with van der Waals surface area (Å²) in [5.41, 5.74) is 4.75. The minimum atomic E-state index is -3.69. The number of nitrogens with one attached hydrogen (secondary N) is 1. The molecule has 16 heavy (non-hydrogen) atoms. The van der Waals surface area contributed by atoms with Gasteiger partial charge in [0.1, 0.15) is 0 Å². The lowest BCUT2D eigenvalue weighted by Crippen LogP contribution is -2.49. The van der Waals surface area contributed by atoms with Gasteiger partial charge in [0.15, 0.2) is 4.60 Å². The Balaban J connectivity index is 3.14. The zero-order valence-electron chi connectivity index (χ0n) is 9.23. The molecule has 0 saturated carbocycles. The fourth-order valence-corrected chi connectivity index (χ4v) is 3.58. The van der Waals surface area contributed by atoms with Gasteiger partial charge in [-0.2, -0.15) is 0 Å². The lowest BCUT2D eigenvalue weighted by Gasteiger charge is -2.23. The van der Waals surface area contributed by atoms with Crippen LogP contribution in [0, 0.1) is 0 Å². The van der Waals surface area contributed by atoms with Crippen LogP contribution in [0.15, 0.2) is 9.63 Å². The van der Waals surface area contributed by atoms with Gasteiger partial charge in [-0.3, -0.25) is 0 Å². The maximum absolute atomic E-state index is 12.0. The van der Waals surface area contributed by atoms with E-state index in [0.717, 1.165) is 0 Å². The second-order valence-electron chi connectivity index (χ2n) is 4.00. The highest BCUT2D eigenvalue weighted by molar-refractivity contribution is 9.10. The van der Waals surface area contributed by atoms with Crippen LogP contribution in [0.2, 0.25) is 0 Å². The van der Waals surface area contributed by atoms with Gasteiger partial charge in [-0.05, 0) is 29.8 Å². The highest BCUT2D eigenvalue weighted by atomic mass is 79.9. The molecule has 0 aliphatic heterocycles. The van der Waals surface area contributed by atoms with E-state index in [4.69, 9.17) is 5.73 Å². The summed E-state index contributed by atoms with van der Waals surface area (Å²) in [6, 6.07) is 0. The molecule has 1 rings (SSSR count). The van der Waals surface area contributed by atoms with Crippen LogP contribution in [-0.2, 0) is 17.1 Å². The molecule has 0 fully saturated rings. The molecule has 3 N–H and O–H groups in total. The largest absolute Gasteiger partial charge is 0.329 e. The van der Waals surface area contributed by atoms with Gasteiger partial charge in [-0.1, -0.05) is 5.21 Å². The predicted octanol–water partition coefficient (Wildman–Crippen LogP) is -0.407. The van der Waals surface area contributed by atoms with E-state index in [-0.39, 0.29) is 16.2 Å². The number of aromatic nitrogens is 3. The van der Waals surface area contributed by atoms with E-state index in [2.05, 4.69) is 31.0 Å². The number of aryl methyl sites for hydroxylation is 1. The first-order chi connectivity index (χ1) is 7.19. The minimum absolute atomic E-state index is 0.0194. The highest BCUT2D eigenvalue weighted by Crippen LogP contribution is 2.19. The number of rotatable bonds is 4. The first-order valence-electron chi connectivity index (χ1n) is 4.49. The molecule has 0 aliphatic carbocycles. The van der Waals surface area contributed by atoms with Crippen LogP contribution in [0.25, 0.3) is 0 Å². The van der Waals surface area contributed by atoms with Crippen molar-refractivity contribution in [2.75, 3.05) is 6.54 Å². The molecule has 0 aliphatic rings. The molecule has 7 nitrogen and oxygen atoms in total. The smallest absolute Gasteiger partial charge is 0.261 e. The van der Waals surface area contributed by atoms with Crippen molar-refractivity contribution in [3.8, 4) is 0 Å². The van der Waals surface area contributed by atoms with Crippen molar-refractivity contribution in [1.82, 2.24) is 19.7 Å². The van der Waals surface area contributed by atoms with Gasteiger partial charge in [0.05, 0.1) is 0 Å². The van der Waals surface area contributed by atoms with Gasteiger partial charge in [0.25, 0.3) is 10.0 Å². The summed E-state index contributed by atoms with van der Waals surface area (Å²) >= 11 is 3.04. The number of nitrogens with zero attached hydrogens (tertiary/aromatic N) is 3. The van der Waals surface area contributed by atoms with Gasteiger partial charge < -0.3 is 5.73 Å². The van der Waals surface area contributed by atoms with E-state index in [1.165, 1.54) is 11.7 Å². The van der Waals surface area contributed by atoms with Crippen LogP contribution in [0.1, 0.15) is 13.8 Å². The first-order valence-corrected chi connectivity index (χ1v) is 6.76. The van der Waals surface area contributed by atoms with Crippen molar-refractivity contribution in [3.63, 3.8) is 0 Å². The molecule has 1 aromatic rings. The van der Waals surface area contributed by atoms with Crippen LogP contribution in [0.3, 0.4) is 0 Å². The number of hydrogen-bond acceptors (Lipinski definition) is 5. The number of sulfonamides is 1. The summed E-state index contributed by atoms with van der Waals surface area (Å²) < 4.78 is 27.9. The van der Waals surface area contributed by atoms with Crippen LogP contribution >= 0.6 is 15.9 Å². The lowest BCUT2D eigenvalue weighted by molar-refractivity contribution is 0.457. The Labute approximate surface area is 103 Å². The van der Waals surface area contributed by atoms with Crippen LogP contribution in [0.4, 0.5) is 0 Å². The molecule has 0 spiro atoms. The summed E-state index contributed by atoms with van der Waals surface area (Å²) in [5.74, 6) is 0. The maximum Gasteiger partial charge on any atom is 0.261 e. The average molecular weight is 312 g/mol. The normalized spacial score (nSPS) is 13.1. The second kappa shape index (κ2) is 4.40. The molecule has 0 aromatic carbocycles. The lowest BCUT2D eigenvalue weighted by atomic mass is 10.1. The standard InChI is InChI=1S/C7H14BrN5O2S/c1-7(2,4-9)11-16(14,15)6-5(8)10-12-13(6)3/h11H,4,9H2,1-3H3. The predicted molar refractivity (Wildman–Crippen MR) is 62.2 cm³/mol. The summed E-state index contributed by atoms with van der Waals surface area (Å²) in [6.07, 6.45) is 0. The van der Waals surface area contributed by atoms with E-state index in [9.17, 15) is 8.42 Å². The van der Waals surface area contributed by atoms with Crippen LogP contribution in [-0.4, -0.2) is 35.5 Å². The molecule has 0 unspecified atom stereocenters. The van der Waals surface area contributed by atoms with E-state index >= 15 is 0 Å². The molecule has 0 bridgehead atoms. The Morgan fingerprint density at radius 1 is 1.56 bits per heavy atom. The summed E-state index contributed by atoms with van der Waals surface area (Å²) in [4.78, 5) is 0. The van der Waals surface area contributed by atoms with Gasteiger partial charge >= 0.3 is 0 Å². The molecule has 1 heterocycles. The van der Waals surface area contributed by atoms with Gasteiger partial charge in [-0.25, -0.2) is 17.8 Å². The van der Waals surface area contributed by atoms with Gasteiger partial charge in [0, 0.05) is 19.1 Å². The molecule has 0 atom stereocenters. The molecular weight excluding hydrogens is 298 g/mol. The van der Waals surface area contributed by atoms with Crippen molar-refractivity contribution in [2.24, 2.45) is 12.8 Å².